The van der Waals surface area contributed by atoms with Gasteiger partial charge in [-0.3, -0.25) is 9.78 Å². The van der Waals surface area contributed by atoms with E-state index < -0.39 is 0 Å². The van der Waals surface area contributed by atoms with Crippen molar-refractivity contribution in [1.29, 1.82) is 0 Å². The lowest BCUT2D eigenvalue weighted by molar-refractivity contribution is 0.0945. The van der Waals surface area contributed by atoms with E-state index in [1.54, 1.807) is 24.5 Å². The smallest absolute Gasteiger partial charge is 0.272 e. The monoisotopic (exact) mass is 363 g/mol. The number of aromatic nitrogens is 3. The van der Waals surface area contributed by atoms with Crippen LogP contribution in [0, 0.1) is 0 Å². The molecule has 3 aromatic rings. The maximum absolute atomic E-state index is 12.2. The summed E-state index contributed by atoms with van der Waals surface area (Å²) in [6, 6.07) is 12.5. The molecule has 1 amide bonds. The van der Waals surface area contributed by atoms with Crippen LogP contribution in [0.1, 0.15) is 16.1 Å². The fourth-order valence-corrected chi connectivity index (χ4v) is 2.56. The standard InChI is InChI=1S/C19H17N5O3/c25-19(21-12-13-5-7-20-8-6-13)15-2-4-18(24-23-15)22-14-1-3-16-17(11-14)27-10-9-26-16/h1-8,11H,9-10,12H2,(H,21,25)(H,22,24). The van der Waals surface area contributed by atoms with Crippen molar-refractivity contribution >= 4 is 17.4 Å². The molecule has 0 fully saturated rings. The Kier molecular flexibility index (Phi) is 4.78. The van der Waals surface area contributed by atoms with Gasteiger partial charge in [0, 0.05) is 30.7 Å². The molecule has 2 N–H and O–H groups in total. The Morgan fingerprint density at radius 2 is 1.78 bits per heavy atom. The van der Waals surface area contributed by atoms with Crippen molar-refractivity contribution < 1.29 is 14.3 Å². The molecular formula is C19H17N5O3. The van der Waals surface area contributed by atoms with E-state index in [1.807, 2.05) is 30.3 Å². The van der Waals surface area contributed by atoms with Crippen molar-refractivity contribution in [2.45, 2.75) is 6.54 Å². The van der Waals surface area contributed by atoms with E-state index in [0.29, 0.717) is 31.3 Å². The molecule has 0 bridgehead atoms. The van der Waals surface area contributed by atoms with Crippen LogP contribution in [0.25, 0.3) is 0 Å². The summed E-state index contributed by atoms with van der Waals surface area (Å²) in [6.45, 7) is 1.48. The normalized spacial score (nSPS) is 12.3. The summed E-state index contributed by atoms with van der Waals surface area (Å²) in [5.41, 5.74) is 2.00. The highest BCUT2D eigenvalue weighted by Crippen LogP contribution is 2.33. The molecule has 0 saturated carbocycles. The Labute approximate surface area is 155 Å². The molecule has 1 aliphatic rings. The molecule has 0 unspecified atom stereocenters. The lowest BCUT2D eigenvalue weighted by atomic mass is 10.2. The third kappa shape index (κ3) is 4.12. The van der Waals surface area contributed by atoms with E-state index in [4.69, 9.17) is 9.47 Å². The van der Waals surface area contributed by atoms with Crippen molar-refractivity contribution in [1.82, 2.24) is 20.5 Å². The number of carbonyl (C=O) groups is 1. The highest BCUT2D eigenvalue weighted by molar-refractivity contribution is 5.92. The van der Waals surface area contributed by atoms with Gasteiger partial charge in [-0.1, -0.05) is 0 Å². The summed E-state index contributed by atoms with van der Waals surface area (Å²) in [5.74, 6) is 1.65. The number of ether oxygens (including phenoxy) is 2. The minimum atomic E-state index is -0.287. The van der Waals surface area contributed by atoms with E-state index in [9.17, 15) is 4.79 Å². The van der Waals surface area contributed by atoms with Gasteiger partial charge in [0.05, 0.1) is 0 Å². The van der Waals surface area contributed by atoms with E-state index in [0.717, 1.165) is 17.0 Å². The second kappa shape index (κ2) is 7.69. The summed E-state index contributed by atoms with van der Waals surface area (Å²) < 4.78 is 11.1. The number of benzene rings is 1. The maximum atomic E-state index is 12.2. The van der Waals surface area contributed by atoms with Crippen molar-refractivity contribution in [3.8, 4) is 11.5 Å². The summed E-state index contributed by atoms with van der Waals surface area (Å²) in [6.07, 6.45) is 3.36. The minimum absolute atomic E-state index is 0.247. The molecule has 8 heteroatoms. The minimum Gasteiger partial charge on any atom is -0.486 e. The zero-order valence-corrected chi connectivity index (χ0v) is 14.4. The Hall–Kier alpha value is -3.68. The third-order valence-electron chi connectivity index (χ3n) is 3.91. The van der Waals surface area contributed by atoms with Crippen molar-refractivity contribution in [3.05, 3.63) is 66.1 Å². The van der Waals surface area contributed by atoms with Crippen LogP contribution in [0.15, 0.2) is 54.9 Å². The van der Waals surface area contributed by atoms with Gasteiger partial charge in [-0.25, -0.2) is 0 Å². The number of pyridine rings is 1. The highest BCUT2D eigenvalue weighted by Gasteiger charge is 2.12. The molecule has 136 valence electrons. The molecule has 0 saturated heterocycles. The van der Waals surface area contributed by atoms with Crippen LogP contribution in [0.5, 0.6) is 11.5 Å². The SMILES string of the molecule is O=C(NCc1ccncc1)c1ccc(Nc2ccc3c(c2)OCCO3)nn1. The molecule has 2 aromatic heterocycles. The molecule has 3 heterocycles. The molecular weight excluding hydrogens is 346 g/mol. The first-order chi connectivity index (χ1) is 13.3. The zero-order chi connectivity index (χ0) is 18.5. The van der Waals surface area contributed by atoms with Gasteiger partial charge in [0.2, 0.25) is 0 Å². The number of nitrogens with zero attached hydrogens (tertiary/aromatic N) is 3. The second-order valence-corrected chi connectivity index (χ2v) is 5.83. The molecule has 0 spiro atoms. The van der Waals surface area contributed by atoms with Gasteiger partial charge in [0.25, 0.3) is 5.91 Å². The van der Waals surface area contributed by atoms with Crippen LogP contribution < -0.4 is 20.1 Å². The molecule has 27 heavy (non-hydrogen) atoms. The van der Waals surface area contributed by atoms with Crippen molar-refractivity contribution in [2.75, 3.05) is 18.5 Å². The number of rotatable bonds is 5. The average molecular weight is 363 g/mol. The van der Waals surface area contributed by atoms with Crippen molar-refractivity contribution in [3.63, 3.8) is 0 Å². The van der Waals surface area contributed by atoms with E-state index in [-0.39, 0.29) is 11.6 Å². The molecule has 4 rings (SSSR count). The van der Waals surface area contributed by atoms with Crippen LogP contribution in [0.2, 0.25) is 0 Å². The van der Waals surface area contributed by atoms with Crippen LogP contribution in [0.3, 0.4) is 0 Å². The molecule has 0 radical (unpaired) electrons. The summed E-state index contributed by atoms with van der Waals surface area (Å²) in [5, 5.41) is 14.0. The molecule has 1 aromatic carbocycles. The van der Waals surface area contributed by atoms with E-state index in [2.05, 4.69) is 25.8 Å². The lowest BCUT2D eigenvalue weighted by Gasteiger charge is -2.19. The van der Waals surface area contributed by atoms with Gasteiger partial charge < -0.3 is 20.1 Å². The van der Waals surface area contributed by atoms with Gasteiger partial charge in [-0.15, -0.1) is 10.2 Å². The first-order valence-electron chi connectivity index (χ1n) is 8.45. The van der Waals surface area contributed by atoms with Gasteiger partial charge >= 0.3 is 0 Å². The molecule has 1 aliphatic heterocycles. The Morgan fingerprint density at radius 1 is 0.963 bits per heavy atom. The third-order valence-corrected chi connectivity index (χ3v) is 3.91. The van der Waals surface area contributed by atoms with Gasteiger partial charge in [-0.2, -0.15) is 0 Å². The highest BCUT2D eigenvalue weighted by atomic mass is 16.6. The van der Waals surface area contributed by atoms with Crippen LogP contribution in [0.4, 0.5) is 11.5 Å². The molecule has 8 nitrogen and oxygen atoms in total. The lowest BCUT2D eigenvalue weighted by Crippen LogP contribution is -2.24. The molecule has 0 aliphatic carbocycles. The summed E-state index contributed by atoms with van der Waals surface area (Å²) in [4.78, 5) is 16.1. The number of hydrogen-bond acceptors (Lipinski definition) is 7. The molecule has 0 atom stereocenters. The Morgan fingerprint density at radius 3 is 2.56 bits per heavy atom. The van der Waals surface area contributed by atoms with E-state index in [1.165, 1.54) is 0 Å². The van der Waals surface area contributed by atoms with E-state index >= 15 is 0 Å². The predicted octanol–water partition coefficient (Wildman–Crippen LogP) is 2.32. The van der Waals surface area contributed by atoms with Crippen molar-refractivity contribution in [2.24, 2.45) is 0 Å². The fraction of sp³-hybridized carbons (Fsp3) is 0.158. The average Bonchev–Trinajstić information content (AvgIpc) is 2.73. The van der Waals surface area contributed by atoms with Crippen LogP contribution in [-0.2, 0) is 6.54 Å². The Bertz CT molecular complexity index is 932. The summed E-state index contributed by atoms with van der Waals surface area (Å²) in [7, 11) is 0. The predicted molar refractivity (Wildman–Crippen MR) is 98.2 cm³/mol. The number of nitrogens with one attached hydrogen (secondary N) is 2. The summed E-state index contributed by atoms with van der Waals surface area (Å²) >= 11 is 0. The Balaban J connectivity index is 1.38. The second-order valence-electron chi connectivity index (χ2n) is 5.83. The number of hydrogen-bond donors (Lipinski definition) is 2. The van der Waals surface area contributed by atoms with Gasteiger partial charge in [-0.05, 0) is 42.0 Å². The number of fused-ring (bicyclic) bond motifs is 1. The van der Waals surface area contributed by atoms with Crippen LogP contribution in [-0.4, -0.2) is 34.3 Å². The maximum Gasteiger partial charge on any atom is 0.272 e. The number of carbonyl (C=O) groups excluding carboxylic acids is 1. The first kappa shape index (κ1) is 16.8. The van der Waals surface area contributed by atoms with Gasteiger partial charge in [0.15, 0.2) is 23.0 Å². The topological polar surface area (TPSA) is 98.3 Å². The fourth-order valence-electron chi connectivity index (χ4n) is 2.56. The van der Waals surface area contributed by atoms with Crippen LogP contribution >= 0.6 is 0 Å². The zero-order valence-electron chi connectivity index (χ0n) is 14.4. The quantitative estimate of drug-likeness (QED) is 0.718. The largest absolute Gasteiger partial charge is 0.486 e. The number of anilines is 2. The number of amides is 1. The first-order valence-corrected chi connectivity index (χ1v) is 8.45. The van der Waals surface area contributed by atoms with Gasteiger partial charge in [0.1, 0.15) is 13.2 Å².